The van der Waals surface area contributed by atoms with Gasteiger partial charge >= 0.3 is 5.97 Å². The van der Waals surface area contributed by atoms with Crippen LogP contribution >= 0.6 is 0 Å². The van der Waals surface area contributed by atoms with Gasteiger partial charge < -0.3 is 9.84 Å². The van der Waals surface area contributed by atoms with E-state index in [9.17, 15) is 24.4 Å². The molecule has 0 aliphatic rings. The van der Waals surface area contributed by atoms with Crippen molar-refractivity contribution < 1.29 is 24.0 Å². The second-order valence-electron chi connectivity index (χ2n) is 4.82. The summed E-state index contributed by atoms with van der Waals surface area (Å²) in [6.45, 7) is 3.62. The van der Waals surface area contributed by atoms with E-state index in [1.165, 1.54) is 7.11 Å². The van der Waals surface area contributed by atoms with E-state index in [4.69, 9.17) is 4.74 Å². The lowest BCUT2D eigenvalue weighted by atomic mass is 9.89. The average molecular weight is 285 g/mol. The Balaban J connectivity index is 3.44. The molecule has 1 unspecified atom stereocenters. The second kappa shape index (κ2) is 6.31. The zero-order valence-corrected chi connectivity index (χ0v) is 11.4. The third-order valence-corrected chi connectivity index (χ3v) is 2.88. The molecule has 20 heavy (non-hydrogen) atoms. The zero-order valence-electron chi connectivity index (χ0n) is 11.4. The van der Waals surface area contributed by atoms with E-state index in [1.807, 2.05) is 13.8 Å². The maximum absolute atomic E-state index is 13.5. The fourth-order valence-electron chi connectivity index (χ4n) is 1.98. The molecule has 0 aliphatic heterocycles. The van der Waals surface area contributed by atoms with Crippen molar-refractivity contribution in [2.24, 2.45) is 5.92 Å². The summed E-state index contributed by atoms with van der Waals surface area (Å²) in [4.78, 5) is 21.5. The van der Waals surface area contributed by atoms with Crippen LogP contribution in [0.3, 0.4) is 0 Å². The van der Waals surface area contributed by atoms with Gasteiger partial charge in [-0.25, -0.2) is 4.39 Å². The van der Waals surface area contributed by atoms with E-state index in [1.54, 1.807) is 0 Å². The number of carbonyl (C=O) groups is 1. The maximum atomic E-state index is 13.5. The molecule has 6 nitrogen and oxygen atoms in total. The number of carboxylic acids is 1. The molecule has 1 aromatic carbocycles. The molecule has 0 saturated carbocycles. The molecular weight excluding hydrogens is 269 g/mol. The Bertz CT molecular complexity index is 530. The fraction of sp³-hybridized carbons (Fsp3) is 0.462. The summed E-state index contributed by atoms with van der Waals surface area (Å²) in [5.74, 6) is -3.34. The Morgan fingerprint density at radius 3 is 2.50 bits per heavy atom. The van der Waals surface area contributed by atoms with E-state index in [0.717, 1.165) is 6.07 Å². The van der Waals surface area contributed by atoms with Crippen LogP contribution in [0.2, 0.25) is 0 Å². The number of carboxylic acid groups (broad SMARTS) is 1. The normalized spacial score (nSPS) is 12.2. The topological polar surface area (TPSA) is 89.7 Å². The van der Waals surface area contributed by atoms with Crippen LogP contribution in [0.5, 0.6) is 5.75 Å². The highest BCUT2D eigenvalue weighted by Gasteiger charge is 2.30. The van der Waals surface area contributed by atoms with Crippen LogP contribution in [0.25, 0.3) is 0 Å². The molecule has 0 amide bonds. The predicted octanol–water partition coefficient (Wildman–Crippen LogP) is 2.96. The van der Waals surface area contributed by atoms with Crippen molar-refractivity contribution >= 4 is 11.7 Å². The Hall–Kier alpha value is -2.18. The summed E-state index contributed by atoms with van der Waals surface area (Å²) in [5.41, 5.74) is -0.592. The summed E-state index contributed by atoms with van der Waals surface area (Å²) in [6.07, 6.45) is 0.213. The molecule has 0 spiro atoms. The summed E-state index contributed by atoms with van der Waals surface area (Å²) < 4.78 is 18.3. The van der Waals surface area contributed by atoms with Crippen molar-refractivity contribution in [2.75, 3.05) is 7.11 Å². The zero-order chi connectivity index (χ0) is 15.4. The molecule has 110 valence electrons. The second-order valence-corrected chi connectivity index (χ2v) is 4.82. The molecular formula is C13H16FNO5. The third kappa shape index (κ3) is 3.43. The van der Waals surface area contributed by atoms with Crippen LogP contribution in [0.15, 0.2) is 12.1 Å². The van der Waals surface area contributed by atoms with Crippen LogP contribution in [-0.2, 0) is 4.79 Å². The number of nitro benzene ring substituents is 1. The molecule has 1 rings (SSSR count). The quantitative estimate of drug-likeness (QED) is 0.641. The van der Waals surface area contributed by atoms with Crippen LogP contribution < -0.4 is 4.74 Å². The number of nitrogens with zero attached hydrogens (tertiary/aromatic N) is 1. The van der Waals surface area contributed by atoms with E-state index in [-0.39, 0.29) is 23.7 Å². The number of aliphatic carboxylic acids is 1. The molecule has 1 N–H and O–H groups in total. The number of rotatable bonds is 6. The number of hydrogen-bond acceptors (Lipinski definition) is 4. The largest absolute Gasteiger partial charge is 0.494 e. The maximum Gasteiger partial charge on any atom is 0.311 e. The van der Waals surface area contributed by atoms with Crippen LogP contribution in [-0.4, -0.2) is 23.1 Å². The molecule has 1 atom stereocenters. The minimum absolute atomic E-state index is 0.0201. The van der Waals surface area contributed by atoms with Crippen molar-refractivity contribution in [1.29, 1.82) is 0 Å². The van der Waals surface area contributed by atoms with Gasteiger partial charge in [-0.15, -0.1) is 0 Å². The summed E-state index contributed by atoms with van der Waals surface area (Å²) in [5, 5.41) is 20.2. The van der Waals surface area contributed by atoms with Gasteiger partial charge in [-0.3, -0.25) is 14.9 Å². The van der Waals surface area contributed by atoms with E-state index >= 15 is 0 Å². The molecule has 0 radical (unpaired) electrons. The standard InChI is InChI=1S/C13H16FNO5/c1-7(2)4-9(13(16)17)8-5-12(20-3)10(14)6-11(8)15(18)19/h5-7,9H,4H2,1-3H3,(H,16,17). The van der Waals surface area contributed by atoms with Gasteiger partial charge in [-0.1, -0.05) is 13.8 Å². The van der Waals surface area contributed by atoms with E-state index in [0.29, 0.717) is 6.07 Å². The molecule has 1 aromatic rings. The number of nitro groups is 1. The SMILES string of the molecule is COc1cc(C(CC(C)C)C(=O)O)c([N+](=O)[O-])cc1F. The van der Waals surface area contributed by atoms with Crippen LogP contribution in [0.1, 0.15) is 31.7 Å². The Kier molecular flexibility index (Phi) is 5.01. The van der Waals surface area contributed by atoms with Gasteiger partial charge in [-0.2, -0.15) is 0 Å². The average Bonchev–Trinajstić information content (AvgIpc) is 2.35. The van der Waals surface area contributed by atoms with Crippen molar-refractivity contribution in [2.45, 2.75) is 26.2 Å². The highest BCUT2D eigenvalue weighted by atomic mass is 19.1. The minimum atomic E-state index is -1.18. The van der Waals surface area contributed by atoms with Crippen molar-refractivity contribution in [3.8, 4) is 5.75 Å². The molecule has 0 aromatic heterocycles. The Morgan fingerprint density at radius 2 is 2.10 bits per heavy atom. The first-order valence-electron chi connectivity index (χ1n) is 6.02. The van der Waals surface area contributed by atoms with Gasteiger partial charge in [-0.05, 0) is 18.4 Å². The van der Waals surface area contributed by atoms with Gasteiger partial charge in [0.1, 0.15) is 0 Å². The number of benzene rings is 1. The highest BCUT2D eigenvalue weighted by Crippen LogP contribution is 2.35. The molecule has 0 heterocycles. The first-order chi connectivity index (χ1) is 9.27. The molecule has 0 fully saturated rings. The number of ether oxygens (including phenoxy) is 1. The van der Waals surface area contributed by atoms with Gasteiger partial charge in [0.05, 0.1) is 24.0 Å². The van der Waals surface area contributed by atoms with Crippen molar-refractivity contribution in [3.05, 3.63) is 33.6 Å². The van der Waals surface area contributed by atoms with Crippen LogP contribution in [0, 0.1) is 21.8 Å². The lowest BCUT2D eigenvalue weighted by Crippen LogP contribution is -2.16. The first kappa shape index (κ1) is 15.9. The van der Waals surface area contributed by atoms with Gasteiger partial charge in [0, 0.05) is 5.56 Å². The van der Waals surface area contributed by atoms with Crippen molar-refractivity contribution in [1.82, 2.24) is 0 Å². The highest BCUT2D eigenvalue weighted by molar-refractivity contribution is 5.78. The number of methoxy groups -OCH3 is 1. The van der Waals surface area contributed by atoms with E-state index in [2.05, 4.69) is 0 Å². The van der Waals surface area contributed by atoms with E-state index < -0.39 is 28.3 Å². The molecule has 0 aliphatic carbocycles. The fourth-order valence-corrected chi connectivity index (χ4v) is 1.98. The smallest absolute Gasteiger partial charge is 0.311 e. The van der Waals surface area contributed by atoms with Crippen LogP contribution in [0.4, 0.5) is 10.1 Å². The summed E-state index contributed by atoms with van der Waals surface area (Å²) in [6, 6.07) is 1.79. The Morgan fingerprint density at radius 1 is 1.50 bits per heavy atom. The molecule has 7 heteroatoms. The number of hydrogen-bond donors (Lipinski definition) is 1. The first-order valence-corrected chi connectivity index (χ1v) is 6.02. The Labute approximate surface area is 115 Å². The van der Waals surface area contributed by atoms with Gasteiger partial charge in [0.25, 0.3) is 5.69 Å². The van der Waals surface area contributed by atoms with Crippen molar-refractivity contribution in [3.63, 3.8) is 0 Å². The third-order valence-electron chi connectivity index (χ3n) is 2.88. The van der Waals surface area contributed by atoms with Gasteiger partial charge in [0.15, 0.2) is 11.6 Å². The lowest BCUT2D eigenvalue weighted by Gasteiger charge is -2.16. The minimum Gasteiger partial charge on any atom is -0.494 e. The predicted molar refractivity (Wildman–Crippen MR) is 69.4 cm³/mol. The molecule has 0 saturated heterocycles. The summed E-state index contributed by atoms with van der Waals surface area (Å²) in [7, 11) is 1.21. The summed E-state index contributed by atoms with van der Waals surface area (Å²) >= 11 is 0. The monoisotopic (exact) mass is 285 g/mol. The number of halogens is 1. The lowest BCUT2D eigenvalue weighted by molar-refractivity contribution is -0.385. The van der Waals surface area contributed by atoms with Gasteiger partial charge in [0.2, 0.25) is 0 Å². The molecule has 0 bridgehead atoms.